The Labute approximate surface area is 108 Å². The number of benzene rings is 1. The molecule has 3 N–H and O–H groups in total. The van der Waals surface area contributed by atoms with Crippen LogP contribution in [-0.2, 0) is 16.1 Å². The van der Waals surface area contributed by atoms with E-state index in [4.69, 9.17) is 10.5 Å². The highest BCUT2D eigenvalue weighted by atomic mass is 16.5. The van der Waals surface area contributed by atoms with Crippen LogP contribution in [0.4, 0.5) is 5.69 Å². The lowest BCUT2D eigenvalue weighted by molar-refractivity contribution is -0.118. The molecule has 0 spiro atoms. The van der Waals surface area contributed by atoms with Gasteiger partial charge in [-0.15, -0.1) is 0 Å². The molecular weight excluding hydrogens is 230 g/mol. The Morgan fingerprint density at radius 1 is 1.44 bits per heavy atom. The summed E-state index contributed by atoms with van der Waals surface area (Å²) in [4.78, 5) is 13.9. The van der Waals surface area contributed by atoms with Crippen molar-refractivity contribution in [3.63, 3.8) is 0 Å². The first-order chi connectivity index (χ1) is 8.54. The number of methoxy groups -OCH3 is 1. The predicted octanol–water partition coefficient (Wildman–Crippen LogP) is 0.660. The van der Waals surface area contributed by atoms with Gasteiger partial charge in [0.1, 0.15) is 6.04 Å². The van der Waals surface area contributed by atoms with Crippen LogP contribution in [0.15, 0.2) is 24.3 Å². The highest BCUT2D eigenvalue weighted by Gasteiger charge is 2.14. The number of nitrogens with two attached hydrogens (primary N) is 1. The molecule has 100 valence electrons. The van der Waals surface area contributed by atoms with Gasteiger partial charge in [-0.2, -0.15) is 0 Å². The van der Waals surface area contributed by atoms with Gasteiger partial charge in [0, 0.05) is 19.3 Å². The molecule has 18 heavy (non-hydrogen) atoms. The van der Waals surface area contributed by atoms with Crippen molar-refractivity contribution in [2.45, 2.75) is 12.6 Å². The van der Waals surface area contributed by atoms with Gasteiger partial charge in [0.2, 0.25) is 5.91 Å². The van der Waals surface area contributed by atoms with Crippen molar-refractivity contribution in [3.05, 3.63) is 29.8 Å². The third-order valence-electron chi connectivity index (χ3n) is 2.44. The quantitative estimate of drug-likeness (QED) is 0.779. The van der Waals surface area contributed by atoms with Gasteiger partial charge in [-0.3, -0.25) is 4.79 Å². The van der Waals surface area contributed by atoms with Gasteiger partial charge in [-0.25, -0.2) is 0 Å². The number of hydrogen-bond donors (Lipinski definition) is 2. The monoisotopic (exact) mass is 251 g/mol. The van der Waals surface area contributed by atoms with E-state index in [-0.39, 0.29) is 12.5 Å². The molecule has 1 aromatic carbocycles. The molecule has 5 nitrogen and oxygen atoms in total. The van der Waals surface area contributed by atoms with Crippen LogP contribution in [-0.4, -0.2) is 44.7 Å². The van der Waals surface area contributed by atoms with E-state index in [1.807, 2.05) is 43.3 Å². The molecule has 0 aromatic heterocycles. The van der Waals surface area contributed by atoms with E-state index in [1.165, 1.54) is 7.11 Å². The second-order valence-corrected chi connectivity index (χ2v) is 4.45. The zero-order valence-electron chi connectivity index (χ0n) is 11.1. The maximum absolute atomic E-state index is 11.8. The van der Waals surface area contributed by atoms with E-state index >= 15 is 0 Å². The molecule has 0 aliphatic carbocycles. The van der Waals surface area contributed by atoms with E-state index in [9.17, 15) is 4.79 Å². The Morgan fingerprint density at radius 3 is 2.72 bits per heavy atom. The number of rotatable bonds is 6. The number of carbonyl (C=O) groups excluding carboxylic acids is 1. The molecule has 0 bridgehead atoms. The molecule has 1 amide bonds. The summed E-state index contributed by atoms with van der Waals surface area (Å²) >= 11 is 0. The van der Waals surface area contributed by atoms with E-state index in [1.54, 1.807) is 0 Å². The summed E-state index contributed by atoms with van der Waals surface area (Å²) in [5.41, 5.74) is 7.53. The summed E-state index contributed by atoms with van der Waals surface area (Å²) in [6, 6.07) is 7.04. The highest BCUT2D eigenvalue weighted by Crippen LogP contribution is 2.16. The van der Waals surface area contributed by atoms with E-state index in [0.29, 0.717) is 0 Å². The first-order valence-corrected chi connectivity index (χ1v) is 5.82. The van der Waals surface area contributed by atoms with Gasteiger partial charge in [-0.05, 0) is 25.7 Å². The second-order valence-electron chi connectivity index (χ2n) is 4.45. The summed E-state index contributed by atoms with van der Waals surface area (Å²) < 4.78 is 4.86. The van der Waals surface area contributed by atoms with Crippen molar-refractivity contribution >= 4 is 11.6 Å². The molecule has 0 aliphatic rings. The maximum atomic E-state index is 11.8. The molecule has 1 unspecified atom stereocenters. The minimum Gasteiger partial charge on any atom is -0.383 e. The van der Waals surface area contributed by atoms with Crippen molar-refractivity contribution in [2.24, 2.45) is 5.73 Å². The maximum Gasteiger partial charge on any atom is 0.243 e. The average Bonchev–Trinajstić information content (AvgIpc) is 2.31. The number of amides is 1. The van der Waals surface area contributed by atoms with Crippen molar-refractivity contribution < 1.29 is 9.53 Å². The Balaban J connectivity index is 2.74. The fourth-order valence-electron chi connectivity index (χ4n) is 1.60. The number of para-hydroxylation sites is 1. The predicted molar refractivity (Wildman–Crippen MR) is 72.3 cm³/mol. The lowest BCUT2D eigenvalue weighted by Crippen LogP contribution is -2.39. The highest BCUT2D eigenvalue weighted by molar-refractivity contribution is 5.95. The average molecular weight is 251 g/mol. The number of carbonyl (C=O) groups is 1. The standard InChI is InChI=1S/C13H21N3O2/c1-16(2)8-10-6-4-5-7-12(10)15-13(17)11(14)9-18-3/h4-7,11H,8-9,14H2,1-3H3,(H,15,17). The fraction of sp³-hybridized carbons (Fsp3) is 0.462. The van der Waals surface area contributed by atoms with Gasteiger partial charge in [0.15, 0.2) is 0 Å². The third kappa shape index (κ3) is 4.44. The lowest BCUT2D eigenvalue weighted by Gasteiger charge is -2.16. The molecule has 5 heteroatoms. The Bertz CT molecular complexity index is 394. The van der Waals surface area contributed by atoms with Gasteiger partial charge in [0.25, 0.3) is 0 Å². The first kappa shape index (κ1) is 14.6. The molecule has 0 aliphatic heterocycles. The Kier molecular flexibility index (Phi) is 5.77. The Morgan fingerprint density at radius 2 is 2.11 bits per heavy atom. The summed E-state index contributed by atoms with van der Waals surface area (Å²) in [5, 5.41) is 2.83. The molecule has 0 fully saturated rings. The van der Waals surface area contributed by atoms with Gasteiger partial charge in [-0.1, -0.05) is 18.2 Å². The summed E-state index contributed by atoms with van der Waals surface area (Å²) in [6.45, 7) is 0.970. The van der Waals surface area contributed by atoms with Crippen LogP contribution in [0.1, 0.15) is 5.56 Å². The molecule has 0 heterocycles. The van der Waals surface area contributed by atoms with Crippen molar-refractivity contribution in [3.8, 4) is 0 Å². The van der Waals surface area contributed by atoms with E-state index < -0.39 is 6.04 Å². The van der Waals surface area contributed by atoms with Crippen LogP contribution in [0, 0.1) is 0 Å². The summed E-state index contributed by atoms with van der Waals surface area (Å²) in [7, 11) is 5.48. The summed E-state index contributed by atoms with van der Waals surface area (Å²) in [5.74, 6) is -0.233. The van der Waals surface area contributed by atoms with Crippen LogP contribution in [0.5, 0.6) is 0 Å². The zero-order chi connectivity index (χ0) is 13.5. The van der Waals surface area contributed by atoms with E-state index in [2.05, 4.69) is 5.32 Å². The SMILES string of the molecule is COCC(N)C(=O)Nc1ccccc1CN(C)C. The van der Waals surface area contributed by atoms with Gasteiger partial charge in [0.05, 0.1) is 6.61 Å². The number of anilines is 1. The summed E-state index contributed by atoms with van der Waals surface area (Å²) in [6.07, 6.45) is 0. The third-order valence-corrected chi connectivity index (χ3v) is 2.44. The van der Waals surface area contributed by atoms with Crippen LogP contribution in [0.3, 0.4) is 0 Å². The van der Waals surface area contributed by atoms with E-state index in [0.717, 1.165) is 17.8 Å². The van der Waals surface area contributed by atoms with Gasteiger partial charge < -0.3 is 20.7 Å². The number of nitrogens with zero attached hydrogens (tertiary/aromatic N) is 1. The van der Waals surface area contributed by atoms with Crippen LogP contribution in [0.2, 0.25) is 0 Å². The lowest BCUT2D eigenvalue weighted by atomic mass is 10.1. The smallest absolute Gasteiger partial charge is 0.243 e. The molecule has 0 saturated heterocycles. The minimum absolute atomic E-state index is 0.210. The molecule has 1 atom stereocenters. The minimum atomic E-state index is -0.651. The zero-order valence-corrected chi connectivity index (χ0v) is 11.1. The molecule has 0 radical (unpaired) electrons. The first-order valence-electron chi connectivity index (χ1n) is 5.82. The van der Waals surface area contributed by atoms with Crippen LogP contribution in [0.25, 0.3) is 0 Å². The fourth-order valence-corrected chi connectivity index (χ4v) is 1.60. The molecule has 1 rings (SSSR count). The molecular formula is C13H21N3O2. The number of ether oxygens (including phenoxy) is 1. The molecule has 0 saturated carbocycles. The topological polar surface area (TPSA) is 67.6 Å². The Hall–Kier alpha value is -1.43. The van der Waals surface area contributed by atoms with Crippen molar-refractivity contribution in [1.82, 2.24) is 4.90 Å². The van der Waals surface area contributed by atoms with Crippen LogP contribution >= 0.6 is 0 Å². The van der Waals surface area contributed by atoms with Crippen molar-refractivity contribution in [1.29, 1.82) is 0 Å². The molecule has 1 aromatic rings. The largest absolute Gasteiger partial charge is 0.383 e. The van der Waals surface area contributed by atoms with Crippen LogP contribution < -0.4 is 11.1 Å². The van der Waals surface area contributed by atoms with Crippen molar-refractivity contribution in [2.75, 3.05) is 33.1 Å². The van der Waals surface area contributed by atoms with Gasteiger partial charge >= 0.3 is 0 Å². The second kappa shape index (κ2) is 7.10. The number of nitrogens with one attached hydrogen (secondary N) is 1. The number of hydrogen-bond acceptors (Lipinski definition) is 4. The normalized spacial score (nSPS) is 12.5.